The van der Waals surface area contributed by atoms with E-state index >= 15 is 0 Å². The molecule has 0 bridgehead atoms. The van der Waals surface area contributed by atoms with Gasteiger partial charge in [0.1, 0.15) is 10.7 Å². The second-order valence-electron chi connectivity index (χ2n) is 1.92. The number of halogens is 1. The second-order valence-corrected chi connectivity index (χ2v) is 2.35. The Balaban J connectivity index is 3.06. The van der Waals surface area contributed by atoms with Crippen LogP contribution in [0.15, 0.2) is 18.5 Å². The number of hydrogen-bond donors (Lipinski definition) is 2. The molecule has 0 amide bonds. The Kier molecular flexibility index (Phi) is 1.97. The van der Waals surface area contributed by atoms with Gasteiger partial charge in [-0.2, -0.15) is 5.43 Å². The molecule has 1 rings (SSSR count). The lowest BCUT2D eigenvalue weighted by Gasteiger charge is -1.94. The average molecular weight is 159 g/mol. The minimum absolute atomic E-state index is 0.620. The summed E-state index contributed by atoms with van der Waals surface area (Å²) in [5, 5.41) is 0.620. The van der Waals surface area contributed by atoms with Crippen LogP contribution in [0.4, 0.5) is 5.69 Å². The van der Waals surface area contributed by atoms with Crippen LogP contribution in [-0.4, -0.2) is 7.05 Å². The van der Waals surface area contributed by atoms with E-state index in [-0.39, 0.29) is 0 Å². The van der Waals surface area contributed by atoms with Crippen molar-refractivity contribution >= 4 is 17.3 Å². The van der Waals surface area contributed by atoms with E-state index in [1.165, 1.54) is 0 Å². The van der Waals surface area contributed by atoms with E-state index in [1.807, 2.05) is 0 Å². The highest BCUT2D eigenvalue weighted by Crippen LogP contribution is 2.07. The smallest absolute Gasteiger partial charge is 0.222 e. The zero-order valence-corrected chi connectivity index (χ0v) is 6.39. The maximum atomic E-state index is 5.69. The van der Waals surface area contributed by atoms with Crippen molar-refractivity contribution in [3.8, 4) is 0 Å². The minimum Gasteiger partial charge on any atom is -0.394 e. The Morgan fingerprint density at radius 3 is 2.80 bits per heavy atom. The van der Waals surface area contributed by atoms with Crippen molar-refractivity contribution in [1.29, 1.82) is 0 Å². The van der Waals surface area contributed by atoms with Crippen LogP contribution >= 0.6 is 11.6 Å². The molecule has 0 aromatic carbocycles. The molecule has 0 aliphatic heterocycles. The third-order valence-corrected chi connectivity index (χ3v) is 1.32. The van der Waals surface area contributed by atoms with Gasteiger partial charge in [-0.3, -0.25) is 0 Å². The van der Waals surface area contributed by atoms with Gasteiger partial charge < -0.3 is 5.73 Å². The normalized spacial score (nSPS) is 9.40. The van der Waals surface area contributed by atoms with E-state index < -0.39 is 0 Å². The topological polar surface area (TPSA) is 41.9 Å². The summed E-state index contributed by atoms with van der Waals surface area (Å²) in [6, 6.07) is 1.69. The first kappa shape index (κ1) is 7.15. The van der Waals surface area contributed by atoms with E-state index in [2.05, 4.69) is 5.43 Å². The summed E-state index contributed by atoms with van der Waals surface area (Å²) < 4.78 is 1.69. The monoisotopic (exact) mass is 158 g/mol. The van der Waals surface area contributed by atoms with Crippen LogP contribution in [-0.2, 0) is 0 Å². The van der Waals surface area contributed by atoms with Gasteiger partial charge in [0.2, 0.25) is 12.4 Å². The Morgan fingerprint density at radius 2 is 2.30 bits per heavy atom. The van der Waals surface area contributed by atoms with Gasteiger partial charge in [-0.1, -0.05) is 16.3 Å². The van der Waals surface area contributed by atoms with E-state index in [9.17, 15) is 0 Å². The Bertz CT molecular complexity index is 216. The van der Waals surface area contributed by atoms with Crippen molar-refractivity contribution < 1.29 is 4.68 Å². The SMILES string of the molecule is CN[n+]1cc(N)cc(Cl)c1. The molecule has 54 valence electrons. The molecule has 0 aliphatic carbocycles. The summed E-state index contributed by atoms with van der Waals surface area (Å²) in [7, 11) is 1.79. The molecule has 4 heteroatoms. The summed E-state index contributed by atoms with van der Waals surface area (Å²) in [6.45, 7) is 0. The van der Waals surface area contributed by atoms with E-state index in [0.717, 1.165) is 0 Å². The molecule has 0 spiro atoms. The lowest BCUT2D eigenvalue weighted by molar-refractivity contribution is -0.646. The number of hydrogen-bond acceptors (Lipinski definition) is 2. The van der Waals surface area contributed by atoms with Gasteiger partial charge in [0, 0.05) is 0 Å². The fourth-order valence-corrected chi connectivity index (χ4v) is 0.925. The fourth-order valence-electron chi connectivity index (χ4n) is 0.694. The lowest BCUT2D eigenvalue weighted by Crippen LogP contribution is -2.42. The van der Waals surface area contributed by atoms with Gasteiger partial charge in [0.15, 0.2) is 0 Å². The average Bonchev–Trinajstić information content (AvgIpc) is 1.85. The number of nitrogens with two attached hydrogens (primary N) is 1. The van der Waals surface area contributed by atoms with Crippen LogP contribution < -0.4 is 15.8 Å². The first-order valence-electron chi connectivity index (χ1n) is 2.87. The van der Waals surface area contributed by atoms with Crippen LogP contribution in [0, 0.1) is 0 Å². The van der Waals surface area contributed by atoms with Gasteiger partial charge in [0.05, 0.1) is 7.05 Å². The summed E-state index contributed by atoms with van der Waals surface area (Å²) in [5.74, 6) is 0. The first-order valence-corrected chi connectivity index (χ1v) is 3.25. The van der Waals surface area contributed by atoms with E-state index in [4.69, 9.17) is 17.3 Å². The first-order chi connectivity index (χ1) is 4.72. The van der Waals surface area contributed by atoms with E-state index in [0.29, 0.717) is 10.7 Å². The third kappa shape index (κ3) is 1.51. The molecule has 0 saturated carbocycles. The zero-order valence-electron chi connectivity index (χ0n) is 5.63. The third-order valence-electron chi connectivity index (χ3n) is 1.11. The fraction of sp³-hybridized carbons (Fsp3) is 0.167. The maximum absolute atomic E-state index is 5.69. The molecule has 10 heavy (non-hydrogen) atoms. The Morgan fingerprint density at radius 1 is 1.60 bits per heavy atom. The number of aromatic nitrogens is 1. The van der Waals surface area contributed by atoms with Crippen LogP contribution in [0.3, 0.4) is 0 Å². The van der Waals surface area contributed by atoms with Crippen molar-refractivity contribution in [2.45, 2.75) is 0 Å². The van der Waals surface area contributed by atoms with Gasteiger partial charge in [-0.05, 0) is 6.07 Å². The van der Waals surface area contributed by atoms with Crippen LogP contribution in [0.25, 0.3) is 0 Å². The standard InChI is InChI=1S/C6H9ClN3/c1-9-10-3-5(7)2-6(8)4-10/h2-4,9H,8H2,1H3/q+1. The summed E-state index contributed by atoms with van der Waals surface area (Å²) in [6.07, 6.45) is 3.48. The zero-order chi connectivity index (χ0) is 7.56. The predicted octanol–water partition coefficient (Wildman–Crippen LogP) is 0.383. The van der Waals surface area contributed by atoms with Crippen molar-refractivity contribution in [3.05, 3.63) is 23.5 Å². The predicted molar refractivity (Wildman–Crippen MR) is 41.3 cm³/mol. The molecule has 0 atom stereocenters. The number of anilines is 1. The van der Waals surface area contributed by atoms with Gasteiger partial charge >= 0.3 is 0 Å². The molecule has 0 aliphatic rings. The second kappa shape index (κ2) is 2.75. The molecular weight excluding hydrogens is 150 g/mol. The van der Waals surface area contributed by atoms with Crippen molar-refractivity contribution in [2.24, 2.45) is 0 Å². The van der Waals surface area contributed by atoms with Crippen molar-refractivity contribution in [1.82, 2.24) is 0 Å². The number of pyridine rings is 1. The molecule has 1 heterocycles. The lowest BCUT2D eigenvalue weighted by atomic mass is 10.4. The van der Waals surface area contributed by atoms with Crippen molar-refractivity contribution in [3.63, 3.8) is 0 Å². The van der Waals surface area contributed by atoms with Gasteiger partial charge in [0.25, 0.3) is 0 Å². The molecule has 3 nitrogen and oxygen atoms in total. The summed E-state index contributed by atoms with van der Waals surface area (Å²) in [4.78, 5) is 0. The van der Waals surface area contributed by atoms with Gasteiger partial charge in [-0.15, -0.1) is 0 Å². The van der Waals surface area contributed by atoms with E-state index in [1.54, 1.807) is 30.2 Å². The number of nitrogen functional groups attached to an aromatic ring is 1. The number of nitrogens with one attached hydrogen (secondary N) is 1. The van der Waals surface area contributed by atoms with Gasteiger partial charge in [-0.25, -0.2) is 0 Å². The highest BCUT2D eigenvalue weighted by molar-refractivity contribution is 6.30. The number of nitrogens with zero attached hydrogens (tertiary/aromatic N) is 1. The van der Waals surface area contributed by atoms with Crippen LogP contribution in [0.2, 0.25) is 5.02 Å². The molecule has 1 aromatic rings. The summed E-state index contributed by atoms with van der Waals surface area (Å²) in [5.41, 5.74) is 8.99. The maximum Gasteiger partial charge on any atom is 0.222 e. The largest absolute Gasteiger partial charge is 0.394 e. The Labute approximate surface area is 64.4 Å². The molecule has 1 aromatic heterocycles. The molecule has 0 fully saturated rings. The minimum atomic E-state index is 0.620. The molecule has 3 N–H and O–H groups in total. The molecule has 0 unspecified atom stereocenters. The molecule has 0 radical (unpaired) electrons. The number of rotatable bonds is 1. The highest BCUT2D eigenvalue weighted by atomic mass is 35.5. The Hall–Kier alpha value is -0.960. The highest BCUT2D eigenvalue weighted by Gasteiger charge is 2.00. The van der Waals surface area contributed by atoms with Crippen LogP contribution in [0.5, 0.6) is 0 Å². The molecular formula is C6H9ClN3+. The van der Waals surface area contributed by atoms with Crippen LogP contribution in [0.1, 0.15) is 0 Å². The quantitative estimate of drug-likeness (QED) is 0.581. The van der Waals surface area contributed by atoms with Crippen molar-refractivity contribution in [2.75, 3.05) is 18.2 Å². The molecule has 0 saturated heterocycles. The summed E-state index contributed by atoms with van der Waals surface area (Å²) >= 11 is 5.69.